The number of nitrogens with zero attached hydrogens (tertiary/aromatic N) is 2. The van der Waals surface area contributed by atoms with Crippen molar-refractivity contribution in [2.45, 2.75) is 40.0 Å². The molecule has 0 saturated carbocycles. The van der Waals surface area contributed by atoms with Crippen molar-refractivity contribution in [3.05, 3.63) is 39.3 Å². The van der Waals surface area contributed by atoms with Crippen molar-refractivity contribution in [3.8, 4) is 0 Å². The third-order valence-corrected chi connectivity index (χ3v) is 4.92. The number of thiazole rings is 1. The second kappa shape index (κ2) is 6.32. The molecule has 0 radical (unpaired) electrons. The fourth-order valence-electron chi connectivity index (χ4n) is 2.30. The molecule has 23 heavy (non-hydrogen) atoms. The van der Waals surface area contributed by atoms with Crippen LogP contribution in [0.3, 0.4) is 0 Å². The van der Waals surface area contributed by atoms with E-state index >= 15 is 0 Å². The number of anilines is 2. The highest BCUT2D eigenvalue weighted by molar-refractivity contribution is 7.10. The van der Waals surface area contributed by atoms with Crippen LogP contribution >= 0.6 is 11.3 Å². The van der Waals surface area contributed by atoms with Crippen LogP contribution in [-0.2, 0) is 5.41 Å². The van der Waals surface area contributed by atoms with Gasteiger partial charge in [0, 0.05) is 36.3 Å². The Balaban J connectivity index is 2.25. The number of hydrogen-bond acceptors (Lipinski definition) is 4. The molecule has 0 fully saturated rings. The summed E-state index contributed by atoms with van der Waals surface area (Å²) < 4.78 is 0. The first-order valence-electron chi connectivity index (χ1n) is 7.65. The van der Waals surface area contributed by atoms with Gasteiger partial charge < -0.3 is 10.2 Å². The minimum absolute atomic E-state index is 0.0393. The molecule has 2 aromatic rings. The molecule has 0 aliphatic carbocycles. The molecule has 1 aromatic carbocycles. The van der Waals surface area contributed by atoms with Crippen molar-refractivity contribution in [3.63, 3.8) is 0 Å². The van der Waals surface area contributed by atoms with Gasteiger partial charge in [-0.25, -0.2) is 4.98 Å². The van der Waals surface area contributed by atoms with Gasteiger partial charge in [-0.1, -0.05) is 20.8 Å². The molecule has 0 atom stereocenters. The van der Waals surface area contributed by atoms with E-state index in [0.717, 1.165) is 27.5 Å². The van der Waals surface area contributed by atoms with Gasteiger partial charge in [0.15, 0.2) is 0 Å². The normalized spacial score (nSPS) is 11.4. The number of hydrogen-bond donors (Lipinski definition) is 1. The van der Waals surface area contributed by atoms with Crippen LogP contribution < -0.4 is 10.2 Å². The number of carbonyl (C=O) groups excluding carboxylic acids is 1. The Bertz CT molecular complexity index is 703. The summed E-state index contributed by atoms with van der Waals surface area (Å²) in [7, 11) is 4.02. The van der Waals surface area contributed by atoms with Gasteiger partial charge in [-0.15, -0.1) is 11.3 Å². The van der Waals surface area contributed by atoms with E-state index in [9.17, 15) is 4.79 Å². The summed E-state index contributed by atoms with van der Waals surface area (Å²) in [5, 5.41) is 5.81. The Morgan fingerprint density at radius 3 is 2.17 bits per heavy atom. The molecule has 0 aliphatic rings. The average Bonchev–Trinajstić information content (AvgIpc) is 2.92. The van der Waals surface area contributed by atoms with Crippen molar-refractivity contribution in [1.82, 2.24) is 4.98 Å². The average molecular weight is 331 g/mol. The second-order valence-corrected chi connectivity index (χ2v) is 7.95. The van der Waals surface area contributed by atoms with Crippen LogP contribution in [0.2, 0.25) is 0 Å². The van der Waals surface area contributed by atoms with Crippen molar-refractivity contribution in [2.24, 2.45) is 0 Å². The van der Waals surface area contributed by atoms with Crippen LogP contribution in [-0.4, -0.2) is 25.0 Å². The molecule has 124 valence electrons. The lowest BCUT2D eigenvalue weighted by Gasteiger charge is -2.18. The second-order valence-electron chi connectivity index (χ2n) is 7.09. The van der Waals surface area contributed by atoms with Gasteiger partial charge in [-0.3, -0.25) is 4.79 Å². The Labute approximate surface area is 142 Å². The van der Waals surface area contributed by atoms with Gasteiger partial charge in [0.05, 0.1) is 5.01 Å². The fourth-order valence-corrected chi connectivity index (χ4v) is 3.18. The zero-order valence-electron chi connectivity index (χ0n) is 14.9. The molecule has 0 spiro atoms. The summed E-state index contributed by atoms with van der Waals surface area (Å²) in [6.07, 6.45) is 0. The maximum atomic E-state index is 12.5. The van der Waals surface area contributed by atoms with E-state index < -0.39 is 0 Å². The van der Waals surface area contributed by atoms with Gasteiger partial charge >= 0.3 is 0 Å². The topological polar surface area (TPSA) is 45.2 Å². The maximum absolute atomic E-state index is 12.5. The van der Waals surface area contributed by atoms with Gasteiger partial charge in [0.1, 0.15) is 5.69 Å². The molecule has 1 aromatic heterocycles. The molecule has 4 nitrogen and oxygen atoms in total. The first-order valence-corrected chi connectivity index (χ1v) is 8.53. The molecule has 1 N–H and O–H groups in total. The number of benzene rings is 1. The van der Waals surface area contributed by atoms with Crippen LogP contribution in [0, 0.1) is 13.8 Å². The molecule has 0 unspecified atom stereocenters. The number of carbonyl (C=O) groups is 1. The lowest BCUT2D eigenvalue weighted by Crippen LogP contribution is -2.17. The molecule has 5 heteroatoms. The number of aryl methyl sites for hydroxylation is 2. The molecule has 0 bridgehead atoms. The predicted octanol–water partition coefficient (Wildman–Crippen LogP) is 4.38. The highest BCUT2D eigenvalue weighted by atomic mass is 32.1. The summed E-state index contributed by atoms with van der Waals surface area (Å²) in [6.45, 7) is 10.3. The van der Waals surface area contributed by atoms with E-state index in [1.807, 2.05) is 33.3 Å². The molecule has 0 aliphatic heterocycles. The van der Waals surface area contributed by atoms with E-state index in [1.54, 1.807) is 0 Å². The SMILES string of the molecule is Cc1cc(N(C)C)cc(C)c1NC(=O)c1csc(C(C)(C)C)n1. The van der Waals surface area contributed by atoms with Crippen LogP contribution in [0.1, 0.15) is 47.4 Å². The first-order chi connectivity index (χ1) is 10.6. The van der Waals surface area contributed by atoms with Crippen LogP contribution in [0.25, 0.3) is 0 Å². The highest BCUT2D eigenvalue weighted by Crippen LogP contribution is 2.28. The van der Waals surface area contributed by atoms with Crippen molar-refractivity contribution >= 4 is 28.6 Å². The number of nitrogens with one attached hydrogen (secondary N) is 1. The third kappa shape index (κ3) is 3.91. The number of aromatic nitrogens is 1. The Hall–Kier alpha value is -1.88. The van der Waals surface area contributed by atoms with Crippen molar-refractivity contribution < 1.29 is 4.79 Å². The zero-order valence-corrected chi connectivity index (χ0v) is 15.8. The molecule has 1 amide bonds. The van der Waals surface area contributed by atoms with E-state index in [4.69, 9.17) is 0 Å². The zero-order chi connectivity index (χ0) is 17.4. The van der Waals surface area contributed by atoms with Gasteiger partial charge in [-0.05, 0) is 37.1 Å². The summed E-state index contributed by atoms with van der Waals surface area (Å²) in [5.41, 5.74) is 4.53. The molecular formula is C18H25N3OS. The van der Waals surface area contributed by atoms with Crippen molar-refractivity contribution in [1.29, 1.82) is 0 Å². The number of rotatable bonds is 3. The van der Waals surface area contributed by atoms with Gasteiger partial charge in [-0.2, -0.15) is 0 Å². The summed E-state index contributed by atoms with van der Waals surface area (Å²) in [4.78, 5) is 19.0. The number of amides is 1. The molecule has 2 rings (SSSR count). The summed E-state index contributed by atoms with van der Waals surface area (Å²) in [6, 6.07) is 4.15. The Kier molecular flexibility index (Phi) is 4.80. The molecule has 0 saturated heterocycles. The lowest BCUT2D eigenvalue weighted by molar-refractivity contribution is 0.102. The van der Waals surface area contributed by atoms with Crippen molar-refractivity contribution in [2.75, 3.05) is 24.3 Å². The van der Waals surface area contributed by atoms with E-state index in [0.29, 0.717) is 5.69 Å². The highest BCUT2D eigenvalue weighted by Gasteiger charge is 2.21. The predicted molar refractivity (Wildman–Crippen MR) is 99.0 cm³/mol. The van der Waals surface area contributed by atoms with Crippen LogP contribution in [0.15, 0.2) is 17.5 Å². The first kappa shape index (κ1) is 17.5. The minimum Gasteiger partial charge on any atom is -0.378 e. The Morgan fingerprint density at radius 1 is 1.17 bits per heavy atom. The quantitative estimate of drug-likeness (QED) is 0.908. The lowest BCUT2D eigenvalue weighted by atomic mass is 9.98. The monoisotopic (exact) mass is 331 g/mol. The summed E-state index contributed by atoms with van der Waals surface area (Å²) >= 11 is 1.53. The van der Waals surface area contributed by atoms with E-state index in [1.165, 1.54) is 11.3 Å². The Morgan fingerprint density at radius 2 is 1.74 bits per heavy atom. The minimum atomic E-state index is -0.152. The van der Waals surface area contributed by atoms with Crippen LogP contribution in [0.5, 0.6) is 0 Å². The largest absolute Gasteiger partial charge is 0.378 e. The summed E-state index contributed by atoms with van der Waals surface area (Å²) in [5.74, 6) is -0.152. The maximum Gasteiger partial charge on any atom is 0.275 e. The van der Waals surface area contributed by atoms with E-state index in [-0.39, 0.29) is 11.3 Å². The van der Waals surface area contributed by atoms with Crippen LogP contribution in [0.4, 0.5) is 11.4 Å². The fraction of sp³-hybridized carbons (Fsp3) is 0.444. The third-order valence-electron chi connectivity index (χ3n) is 3.65. The molecule has 1 heterocycles. The van der Waals surface area contributed by atoms with Gasteiger partial charge in [0.2, 0.25) is 0 Å². The molecular weight excluding hydrogens is 306 g/mol. The van der Waals surface area contributed by atoms with E-state index in [2.05, 4.69) is 48.1 Å². The standard InChI is InChI=1S/C18H25N3OS/c1-11-8-13(21(6)7)9-12(2)15(11)20-16(22)14-10-23-17(19-14)18(3,4)5/h8-10H,1-7H3,(H,20,22). The van der Waals surface area contributed by atoms with Gasteiger partial charge in [0.25, 0.3) is 5.91 Å². The smallest absolute Gasteiger partial charge is 0.275 e.